The number of Topliss-reactive ketones (excluding diaryl/α,β-unsaturated/α-hetero) is 1. The van der Waals surface area contributed by atoms with E-state index < -0.39 is 0 Å². The summed E-state index contributed by atoms with van der Waals surface area (Å²) in [6, 6.07) is 0. The fourth-order valence-corrected chi connectivity index (χ4v) is 7.44. The highest BCUT2D eigenvalue weighted by molar-refractivity contribution is 5.85. The van der Waals surface area contributed by atoms with Crippen molar-refractivity contribution < 1.29 is 19.4 Å². The summed E-state index contributed by atoms with van der Waals surface area (Å²) in [7, 11) is 0. The molecular weight excluding hydrogens is 340 g/mol. The van der Waals surface area contributed by atoms with E-state index in [1.165, 1.54) is 18.9 Å². The van der Waals surface area contributed by atoms with Crippen LogP contribution in [-0.2, 0) is 14.3 Å². The van der Waals surface area contributed by atoms with Crippen LogP contribution in [0.5, 0.6) is 0 Å². The third-order valence-electron chi connectivity index (χ3n) is 8.88. The molecule has 0 aromatic heterocycles. The molecule has 0 bridgehead atoms. The van der Waals surface area contributed by atoms with Crippen LogP contribution in [0.4, 0.5) is 0 Å². The third kappa shape index (κ3) is 2.99. The van der Waals surface area contributed by atoms with Gasteiger partial charge in [-0.2, -0.15) is 0 Å². The van der Waals surface area contributed by atoms with Crippen LogP contribution in [0.1, 0.15) is 72.1 Å². The van der Waals surface area contributed by atoms with Crippen molar-refractivity contribution in [2.24, 2.45) is 34.5 Å². The maximum absolute atomic E-state index is 12.8. The first-order valence-corrected chi connectivity index (χ1v) is 10.8. The lowest BCUT2D eigenvalue weighted by atomic mass is 9.47. The van der Waals surface area contributed by atoms with Crippen molar-refractivity contribution in [1.82, 2.24) is 0 Å². The molecule has 4 heteroatoms. The van der Waals surface area contributed by atoms with Crippen molar-refractivity contribution in [3.05, 3.63) is 11.6 Å². The molecule has 4 aliphatic carbocycles. The Labute approximate surface area is 162 Å². The van der Waals surface area contributed by atoms with Gasteiger partial charge in [-0.1, -0.05) is 25.5 Å². The molecular formula is C23H34O4. The molecule has 3 fully saturated rings. The zero-order valence-electron chi connectivity index (χ0n) is 17.0. The Morgan fingerprint density at radius 2 is 1.93 bits per heavy atom. The summed E-state index contributed by atoms with van der Waals surface area (Å²) in [5, 5.41) is 10.1. The van der Waals surface area contributed by atoms with Crippen molar-refractivity contribution in [3.8, 4) is 0 Å². The van der Waals surface area contributed by atoms with Gasteiger partial charge in [0.1, 0.15) is 6.61 Å². The number of ether oxygens (including phenoxy) is 1. The lowest BCUT2D eigenvalue weighted by Gasteiger charge is -2.57. The molecule has 1 N–H and O–H groups in total. The monoisotopic (exact) mass is 374 g/mol. The Bertz CT molecular complexity index is 667. The second kappa shape index (κ2) is 6.72. The summed E-state index contributed by atoms with van der Waals surface area (Å²) in [6.07, 6.45) is 10.6. The maximum atomic E-state index is 12.8. The molecule has 4 nitrogen and oxygen atoms in total. The van der Waals surface area contributed by atoms with Gasteiger partial charge in [0.05, 0.1) is 6.10 Å². The number of ketones is 1. The molecule has 0 saturated heterocycles. The second-order valence-electron chi connectivity index (χ2n) is 10.1. The quantitative estimate of drug-likeness (QED) is 0.598. The molecule has 0 aromatic rings. The van der Waals surface area contributed by atoms with Gasteiger partial charge in [-0.15, -0.1) is 0 Å². The number of carbonyl (C=O) groups is 2. The van der Waals surface area contributed by atoms with E-state index in [2.05, 4.69) is 19.9 Å². The minimum atomic E-state index is -0.371. The van der Waals surface area contributed by atoms with Crippen LogP contribution in [0.15, 0.2) is 11.6 Å². The number of allylic oxidation sites excluding steroid dienone is 1. The van der Waals surface area contributed by atoms with Crippen molar-refractivity contribution in [2.45, 2.75) is 78.2 Å². The van der Waals surface area contributed by atoms with Gasteiger partial charge in [-0.05, 0) is 80.0 Å². The van der Waals surface area contributed by atoms with E-state index in [4.69, 9.17) is 4.74 Å². The van der Waals surface area contributed by atoms with E-state index in [0.29, 0.717) is 17.8 Å². The van der Waals surface area contributed by atoms with Gasteiger partial charge >= 0.3 is 5.97 Å². The van der Waals surface area contributed by atoms with Gasteiger partial charge in [-0.3, -0.25) is 9.59 Å². The molecule has 150 valence electrons. The highest BCUT2D eigenvalue weighted by Crippen LogP contribution is 2.66. The van der Waals surface area contributed by atoms with Crippen LogP contribution >= 0.6 is 0 Å². The number of aliphatic hydroxyl groups is 1. The number of hydrogen-bond acceptors (Lipinski definition) is 4. The van der Waals surface area contributed by atoms with Gasteiger partial charge < -0.3 is 9.84 Å². The molecule has 0 aliphatic heterocycles. The van der Waals surface area contributed by atoms with Crippen LogP contribution in [-0.4, -0.2) is 29.6 Å². The highest BCUT2D eigenvalue weighted by atomic mass is 16.5. The first-order valence-electron chi connectivity index (χ1n) is 10.8. The minimum Gasteiger partial charge on any atom is -0.458 e. The molecule has 0 aromatic carbocycles. The molecule has 7 atom stereocenters. The van der Waals surface area contributed by atoms with E-state index in [9.17, 15) is 14.7 Å². The largest absolute Gasteiger partial charge is 0.458 e. The third-order valence-corrected chi connectivity index (χ3v) is 8.88. The average molecular weight is 375 g/mol. The van der Waals surface area contributed by atoms with Crippen molar-refractivity contribution in [3.63, 3.8) is 0 Å². The SMILES string of the molecule is CC(=O)OCC(=O)[C@H]1CC[C@@H]2[C@H]3CC=C4CC(O)CC[C@]4(C)[C@H]3CC[C@]12C. The zero-order chi connectivity index (χ0) is 19.4. The first kappa shape index (κ1) is 19.2. The fourth-order valence-electron chi connectivity index (χ4n) is 7.44. The van der Waals surface area contributed by atoms with Crippen LogP contribution in [0, 0.1) is 34.5 Å². The van der Waals surface area contributed by atoms with Crippen LogP contribution in [0.25, 0.3) is 0 Å². The predicted molar refractivity (Wildman–Crippen MR) is 103 cm³/mol. The van der Waals surface area contributed by atoms with Crippen LogP contribution in [0.2, 0.25) is 0 Å². The summed E-state index contributed by atoms with van der Waals surface area (Å²) >= 11 is 0. The normalized spacial score (nSPS) is 45.9. The van der Waals surface area contributed by atoms with Crippen molar-refractivity contribution in [2.75, 3.05) is 6.61 Å². The van der Waals surface area contributed by atoms with Crippen molar-refractivity contribution in [1.29, 1.82) is 0 Å². The van der Waals surface area contributed by atoms with Gasteiger partial charge in [0.25, 0.3) is 0 Å². The molecule has 0 amide bonds. The Morgan fingerprint density at radius 3 is 2.67 bits per heavy atom. The molecule has 4 rings (SSSR count). The summed E-state index contributed by atoms with van der Waals surface area (Å²) in [5.74, 6) is 1.71. The topological polar surface area (TPSA) is 63.6 Å². The summed E-state index contributed by atoms with van der Waals surface area (Å²) in [5.41, 5.74) is 1.78. The Morgan fingerprint density at radius 1 is 1.15 bits per heavy atom. The van der Waals surface area contributed by atoms with Gasteiger partial charge in [-0.25, -0.2) is 0 Å². The minimum absolute atomic E-state index is 0.0363. The maximum Gasteiger partial charge on any atom is 0.303 e. The number of rotatable bonds is 3. The molecule has 0 radical (unpaired) electrons. The molecule has 0 spiro atoms. The number of fused-ring (bicyclic) bond motifs is 5. The first-order chi connectivity index (χ1) is 12.8. The van der Waals surface area contributed by atoms with Crippen molar-refractivity contribution >= 4 is 11.8 Å². The molecule has 3 saturated carbocycles. The molecule has 1 unspecified atom stereocenters. The number of hydrogen-bond donors (Lipinski definition) is 1. The number of aliphatic hydroxyl groups excluding tert-OH is 1. The number of esters is 1. The van der Waals surface area contributed by atoms with E-state index in [1.807, 2.05) is 0 Å². The summed E-state index contributed by atoms with van der Waals surface area (Å²) in [6.45, 7) is 6.06. The van der Waals surface area contributed by atoms with Gasteiger partial charge in [0.15, 0.2) is 5.78 Å². The smallest absolute Gasteiger partial charge is 0.303 e. The Hall–Kier alpha value is -1.16. The lowest BCUT2D eigenvalue weighted by Crippen LogP contribution is -2.51. The lowest BCUT2D eigenvalue weighted by molar-refractivity contribution is -0.149. The van der Waals surface area contributed by atoms with Gasteiger partial charge in [0.2, 0.25) is 0 Å². The second-order valence-corrected chi connectivity index (χ2v) is 10.1. The van der Waals surface area contributed by atoms with E-state index >= 15 is 0 Å². The summed E-state index contributed by atoms with van der Waals surface area (Å²) < 4.78 is 5.02. The average Bonchev–Trinajstić information content (AvgIpc) is 2.97. The standard InChI is InChI=1S/C23H34O4/c1-14(24)27-13-21(26)20-7-6-18-17-5-4-15-12-16(25)8-10-22(15,2)19(17)9-11-23(18,20)3/h4,16-20,25H,5-13H2,1-3H3/t16?,17-,18-,19+,20-,22+,23+/m1/s1. The van der Waals surface area contributed by atoms with Crippen LogP contribution < -0.4 is 0 Å². The fraction of sp³-hybridized carbons (Fsp3) is 0.826. The van der Waals surface area contributed by atoms with E-state index in [-0.39, 0.29) is 41.2 Å². The molecule has 4 aliphatic rings. The van der Waals surface area contributed by atoms with E-state index in [0.717, 1.165) is 44.9 Å². The van der Waals surface area contributed by atoms with Crippen LogP contribution in [0.3, 0.4) is 0 Å². The number of carbonyl (C=O) groups excluding carboxylic acids is 2. The highest BCUT2D eigenvalue weighted by Gasteiger charge is 2.59. The van der Waals surface area contributed by atoms with Gasteiger partial charge in [0, 0.05) is 12.8 Å². The molecule has 0 heterocycles. The van der Waals surface area contributed by atoms with E-state index in [1.54, 1.807) is 0 Å². The molecule has 27 heavy (non-hydrogen) atoms. The Balaban J connectivity index is 1.55. The predicted octanol–water partition coefficient (Wildman–Crippen LogP) is 4.06. The summed E-state index contributed by atoms with van der Waals surface area (Å²) in [4.78, 5) is 23.9. The zero-order valence-corrected chi connectivity index (χ0v) is 17.0. The Kier molecular flexibility index (Phi) is 4.77.